The Bertz CT molecular complexity index is 1410. The maximum absolute atomic E-state index is 12.9. The fourth-order valence-corrected chi connectivity index (χ4v) is 9.02. The molecule has 51 heavy (non-hydrogen) atoms. The SMILES string of the molecule is COC(=O)N1C[C@@H](c2ccc(OC)c(OC3CCCC3)c2)[C@](C)(CNC[C@]2(C)CN(C(=O)OC)C[C@H]2c2ccc(OC)c(OC3CCCC3)c2)C1. The molecule has 2 aliphatic carbocycles. The summed E-state index contributed by atoms with van der Waals surface area (Å²) < 4.78 is 34.7. The molecule has 0 aromatic heterocycles. The van der Waals surface area contributed by atoms with E-state index >= 15 is 0 Å². The van der Waals surface area contributed by atoms with E-state index in [1.807, 2.05) is 12.1 Å². The van der Waals surface area contributed by atoms with Gasteiger partial charge in [-0.3, -0.25) is 0 Å². The van der Waals surface area contributed by atoms with Crippen LogP contribution >= 0.6 is 0 Å². The lowest BCUT2D eigenvalue weighted by molar-refractivity contribution is 0.126. The van der Waals surface area contributed by atoms with Crippen molar-refractivity contribution in [2.45, 2.75) is 89.3 Å². The highest BCUT2D eigenvalue weighted by molar-refractivity contribution is 5.69. The molecule has 0 spiro atoms. The third-order valence-electron chi connectivity index (χ3n) is 11.9. The molecule has 0 radical (unpaired) electrons. The second-order valence-electron chi connectivity index (χ2n) is 15.6. The van der Waals surface area contributed by atoms with Crippen LogP contribution in [0.2, 0.25) is 0 Å². The zero-order chi connectivity index (χ0) is 36.2. The molecule has 2 saturated carbocycles. The van der Waals surface area contributed by atoms with E-state index < -0.39 is 0 Å². The average molecular weight is 708 g/mol. The Hall–Kier alpha value is -3.86. The fraction of sp³-hybridized carbons (Fsp3) is 0.650. The molecular formula is C40H57N3O8. The predicted molar refractivity (Wildman–Crippen MR) is 194 cm³/mol. The van der Waals surface area contributed by atoms with E-state index in [-0.39, 0.29) is 47.1 Å². The molecule has 2 amide bonds. The Kier molecular flexibility index (Phi) is 11.4. The first-order chi connectivity index (χ1) is 24.6. The number of rotatable bonds is 12. The van der Waals surface area contributed by atoms with Crippen LogP contribution in [0, 0.1) is 10.8 Å². The van der Waals surface area contributed by atoms with E-state index in [0.717, 1.165) is 59.8 Å². The van der Waals surface area contributed by atoms with Crippen molar-refractivity contribution in [3.8, 4) is 23.0 Å². The number of nitrogens with one attached hydrogen (secondary N) is 1. The van der Waals surface area contributed by atoms with Crippen molar-refractivity contribution in [3.63, 3.8) is 0 Å². The normalized spacial score (nSPS) is 26.8. The van der Waals surface area contributed by atoms with Gasteiger partial charge in [-0.25, -0.2) is 9.59 Å². The highest BCUT2D eigenvalue weighted by Gasteiger charge is 2.49. The summed E-state index contributed by atoms with van der Waals surface area (Å²) in [6.07, 6.45) is 8.64. The lowest BCUT2D eigenvalue weighted by Crippen LogP contribution is -2.44. The number of amides is 2. The van der Waals surface area contributed by atoms with Gasteiger partial charge in [-0.15, -0.1) is 0 Å². The van der Waals surface area contributed by atoms with Crippen molar-refractivity contribution in [2.75, 3.05) is 67.7 Å². The minimum absolute atomic E-state index is 0.0246. The summed E-state index contributed by atoms with van der Waals surface area (Å²) in [5.74, 6) is 3.01. The van der Waals surface area contributed by atoms with E-state index in [1.165, 1.54) is 39.9 Å². The zero-order valence-corrected chi connectivity index (χ0v) is 31.3. The largest absolute Gasteiger partial charge is 0.493 e. The van der Waals surface area contributed by atoms with E-state index in [9.17, 15) is 9.59 Å². The fourth-order valence-electron chi connectivity index (χ4n) is 9.02. The smallest absolute Gasteiger partial charge is 0.409 e. The van der Waals surface area contributed by atoms with Gasteiger partial charge in [-0.2, -0.15) is 0 Å². The van der Waals surface area contributed by atoms with Gasteiger partial charge in [-0.1, -0.05) is 26.0 Å². The number of benzene rings is 2. The maximum atomic E-state index is 12.9. The van der Waals surface area contributed by atoms with E-state index in [0.29, 0.717) is 39.3 Å². The third-order valence-corrected chi connectivity index (χ3v) is 11.9. The average Bonchev–Trinajstić information content (AvgIpc) is 3.96. The molecule has 4 aliphatic rings. The van der Waals surface area contributed by atoms with Gasteiger partial charge in [-0.05, 0) is 86.8 Å². The summed E-state index contributed by atoms with van der Waals surface area (Å²) >= 11 is 0. The Morgan fingerprint density at radius 1 is 0.647 bits per heavy atom. The van der Waals surface area contributed by atoms with Crippen molar-refractivity contribution in [2.24, 2.45) is 10.8 Å². The second kappa shape index (κ2) is 15.8. The first-order valence-corrected chi connectivity index (χ1v) is 18.7. The van der Waals surface area contributed by atoms with Crippen LogP contribution in [0.5, 0.6) is 23.0 Å². The van der Waals surface area contributed by atoms with Crippen LogP contribution in [0.4, 0.5) is 9.59 Å². The first kappa shape index (κ1) is 36.9. The van der Waals surface area contributed by atoms with Gasteiger partial charge >= 0.3 is 12.2 Å². The molecule has 2 aromatic carbocycles. The van der Waals surface area contributed by atoms with E-state index in [4.69, 9.17) is 28.4 Å². The Morgan fingerprint density at radius 3 is 1.39 bits per heavy atom. The van der Waals surface area contributed by atoms with Crippen molar-refractivity contribution in [1.82, 2.24) is 15.1 Å². The first-order valence-electron chi connectivity index (χ1n) is 18.7. The standard InChI is InChI=1S/C40H57N3O8/c1-39(25-42(37(44)48-5)21-31(39)27-15-17-33(46-3)35(19-27)50-29-11-7-8-12-29)23-41-24-40(2)26-43(38(45)49-6)22-32(40)28-16-18-34(47-4)36(20-28)51-30-13-9-10-14-30/h15-20,29-32,41H,7-14,21-26H2,1-6H3/t31-,32-,39+,40+/m0/s1. The van der Waals surface area contributed by atoms with Crippen LogP contribution in [-0.2, 0) is 9.47 Å². The summed E-state index contributed by atoms with van der Waals surface area (Å²) in [4.78, 5) is 29.4. The summed E-state index contributed by atoms with van der Waals surface area (Å²) in [5, 5.41) is 3.83. The van der Waals surface area contributed by atoms with Gasteiger partial charge in [0.15, 0.2) is 23.0 Å². The van der Waals surface area contributed by atoms with Crippen molar-refractivity contribution >= 4 is 12.2 Å². The molecule has 0 unspecified atom stereocenters. The van der Waals surface area contributed by atoms with Gasteiger partial charge in [0.25, 0.3) is 0 Å². The molecule has 2 heterocycles. The topological polar surface area (TPSA) is 108 Å². The summed E-state index contributed by atoms with van der Waals surface area (Å²) in [7, 11) is 6.22. The quantitative estimate of drug-likeness (QED) is 0.250. The molecule has 280 valence electrons. The van der Waals surface area contributed by atoms with Gasteiger partial charge in [0.2, 0.25) is 0 Å². The van der Waals surface area contributed by atoms with Crippen LogP contribution in [-0.4, -0.2) is 102 Å². The highest BCUT2D eigenvalue weighted by atomic mass is 16.5. The highest BCUT2D eigenvalue weighted by Crippen LogP contribution is 2.47. The molecule has 4 fully saturated rings. The molecular weight excluding hydrogens is 650 g/mol. The van der Waals surface area contributed by atoms with E-state index in [2.05, 4.69) is 43.4 Å². The molecule has 2 aromatic rings. The minimum atomic E-state index is -0.327. The monoisotopic (exact) mass is 707 g/mol. The lowest BCUT2D eigenvalue weighted by atomic mass is 9.74. The van der Waals surface area contributed by atoms with Crippen LogP contribution < -0.4 is 24.3 Å². The molecule has 1 N–H and O–H groups in total. The van der Waals surface area contributed by atoms with Crippen molar-refractivity contribution in [3.05, 3.63) is 47.5 Å². The van der Waals surface area contributed by atoms with Crippen LogP contribution in [0.1, 0.15) is 88.2 Å². The van der Waals surface area contributed by atoms with Gasteiger partial charge in [0.05, 0.1) is 40.6 Å². The number of carbonyl (C=O) groups is 2. The summed E-state index contributed by atoms with van der Waals surface area (Å²) in [6, 6.07) is 12.4. The Morgan fingerprint density at radius 2 is 1.04 bits per heavy atom. The maximum Gasteiger partial charge on any atom is 0.409 e. The molecule has 0 bridgehead atoms. The Balaban J connectivity index is 1.23. The number of nitrogens with zero attached hydrogens (tertiary/aromatic N) is 2. The number of likely N-dealkylation sites (tertiary alicyclic amines) is 2. The number of hydrogen-bond acceptors (Lipinski definition) is 9. The van der Waals surface area contributed by atoms with Crippen LogP contribution in [0.15, 0.2) is 36.4 Å². The number of ether oxygens (including phenoxy) is 6. The van der Waals surface area contributed by atoms with Crippen LogP contribution in [0.3, 0.4) is 0 Å². The van der Waals surface area contributed by atoms with Gasteiger partial charge < -0.3 is 43.5 Å². The second-order valence-corrected chi connectivity index (χ2v) is 15.6. The molecule has 11 nitrogen and oxygen atoms in total. The molecule has 11 heteroatoms. The van der Waals surface area contributed by atoms with Gasteiger partial charge in [0, 0.05) is 61.9 Å². The molecule has 4 atom stereocenters. The number of carbonyl (C=O) groups excluding carboxylic acids is 2. The van der Waals surface area contributed by atoms with Crippen LogP contribution in [0.25, 0.3) is 0 Å². The zero-order valence-electron chi connectivity index (χ0n) is 31.3. The van der Waals surface area contributed by atoms with Gasteiger partial charge in [0.1, 0.15) is 0 Å². The Labute approximate surface area is 303 Å². The lowest BCUT2D eigenvalue weighted by Gasteiger charge is -2.35. The summed E-state index contributed by atoms with van der Waals surface area (Å²) in [6.45, 7) is 7.91. The number of methoxy groups -OCH3 is 4. The molecule has 6 rings (SSSR count). The predicted octanol–water partition coefficient (Wildman–Crippen LogP) is 6.98. The van der Waals surface area contributed by atoms with Crippen molar-refractivity contribution < 1.29 is 38.0 Å². The van der Waals surface area contributed by atoms with Crippen molar-refractivity contribution in [1.29, 1.82) is 0 Å². The molecule has 2 saturated heterocycles. The number of hydrogen-bond donors (Lipinski definition) is 1. The summed E-state index contributed by atoms with van der Waals surface area (Å²) in [5.41, 5.74) is 1.58. The third kappa shape index (κ3) is 7.98. The minimum Gasteiger partial charge on any atom is -0.493 e. The molecule has 2 aliphatic heterocycles. The van der Waals surface area contributed by atoms with E-state index in [1.54, 1.807) is 24.0 Å².